The minimum Gasteiger partial charge on any atom is -0.369 e. The van der Waals surface area contributed by atoms with Gasteiger partial charge in [-0.25, -0.2) is 14.7 Å². The van der Waals surface area contributed by atoms with Gasteiger partial charge in [0.25, 0.3) is 0 Å². The summed E-state index contributed by atoms with van der Waals surface area (Å²) >= 11 is 0. The molecule has 0 saturated carbocycles. The molecule has 1 saturated heterocycles. The molecule has 2 aromatic carbocycles. The van der Waals surface area contributed by atoms with E-state index in [2.05, 4.69) is 75.0 Å². The molecule has 2 N–H and O–H groups in total. The molecule has 0 aliphatic carbocycles. The van der Waals surface area contributed by atoms with Gasteiger partial charge in [-0.15, -0.1) is 24.0 Å². The Morgan fingerprint density at radius 3 is 2.60 bits per heavy atom. The summed E-state index contributed by atoms with van der Waals surface area (Å²) in [7, 11) is 0. The quantitative estimate of drug-likeness (QED) is 0.299. The summed E-state index contributed by atoms with van der Waals surface area (Å²) in [6.45, 7) is 5.61. The molecule has 7 nitrogen and oxygen atoms in total. The minimum atomic E-state index is 0. The maximum absolute atomic E-state index is 4.78. The highest BCUT2D eigenvalue weighted by Gasteiger charge is 2.23. The molecule has 0 radical (unpaired) electrons. The molecule has 0 amide bonds. The van der Waals surface area contributed by atoms with Gasteiger partial charge in [0.05, 0.1) is 12.2 Å². The first-order valence-electron chi connectivity index (χ1n) is 10.1. The Morgan fingerprint density at radius 2 is 1.90 bits per heavy atom. The maximum Gasteiger partial charge on any atom is 0.191 e. The van der Waals surface area contributed by atoms with Crippen molar-refractivity contribution in [3.8, 4) is 5.69 Å². The van der Waals surface area contributed by atoms with E-state index < -0.39 is 0 Å². The fourth-order valence-corrected chi connectivity index (χ4v) is 3.53. The molecule has 8 heteroatoms. The van der Waals surface area contributed by atoms with Gasteiger partial charge in [-0.05, 0) is 43.2 Å². The van der Waals surface area contributed by atoms with E-state index >= 15 is 0 Å². The molecule has 1 unspecified atom stereocenters. The molecule has 1 fully saturated rings. The Hall–Kier alpha value is -2.62. The first kappa shape index (κ1) is 22.1. The number of benzene rings is 2. The Kier molecular flexibility index (Phi) is 8.06. The average Bonchev–Trinajstić information content (AvgIpc) is 3.46. The van der Waals surface area contributed by atoms with Gasteiger partial charge in [0, 0.05) is 31.4 Å². The van der Waals surface area contributed by atoms with E-state index in [0.29, 0.717) is 12.6 Å². The van der Waals surface area contributed by atoms with Crippen molar-refractivity contribution in [3.63, 3.8) is 0 Å². The first-order chi connectivity index (χ1) is 14.3. The lowest BCUT2D eigenvalue weighted by molar-refractivity contribution is 0.649. The van der Waals surface area contributed by atoms with Crippen LogP contribution in [0.25, 0.3) is 5.69 Å². The molecule has 3 aromatic rings. The van der Waals surface area contributed by atoms with Crippen molar-refractivity contribution in [3.05, 3.63) is 72.8 Å². The van der Waals surface area contributed by atoms with Crippen LogP contribution in [0.2, 0.25) is 0 Å². The second-order valence-corrected chi connectivity index (χ2v) is 7.11. The lowest BCUT2D eigenvalue weighted by Gasteiger charge is -2.20. The Bertz CT molecular complexity index is 910. The molecule has 2 heterocycles. The number of anilines is 1. The largest absolute Gasteiger partial charge is 0.369 e. The van der Waals surface area contributed by atoms with Crippen LogP contribution in [0.5, 0.6) is 0 Å². The number of nitrogens with one attached hydrogen (secondary N) is 2. The van der Waals surface area contributed by atoms with Crippen LogP contribution in [0.15, 0.2) is 72.2 Å². The number of guanidine groups is 1. The van der Waals surface area contributed by atoms with Crippen LogP contribution in [-0.4, -0.2) is 46.4 Å². The number of halogens is 1. The summed E-state index contributed by atoms with van der Waals surface area (Å²) in [4.78, 5) is 11.2. The summed E-state index contributed by atoms with van der Waals surface area (Å²) in [5, 5.41) is 11.1. The molecule has 0 bridgehead atoms. The molecule has 158 valence electrons. The van der Waals surface area contributed by atoms with Crippen molar-refractivity contribution in [1.82, 2.24) is 25.4 Å². The lowest BCUT2D eigenvalue weighted by atomic mass is 10.2. The van der Waals surface area contributed by atoms with Gasteiger partial charge in [-0.3, -0.25) is 0 Å². The number of aromatic nitrogens is 3. The standard InChI is InChI=1S/C22H27N7.HI/c1-2-24-22(27-19-12-13-28(15-19)20-6-4-3-5-7-20)25-14-18-8-10-21(11-9-18)29-17-23-16-26-29;/h3-11,16-17,19H,2,12-15H2,1H3,(H2,24,25,27);1H. The molecule has 1 aromatic heterocycles. The fourth-order valence-electron chi connectivity index (χ4n) is 3.53. The summed E-state index contributed by atoms with van der Waals surface area (Å²) in [5.41, 5.74) is 3.43. The number of rotatable bonds is 6. The van der Waals surface area contributed by atoms with E-state index in [1.165, 1.54) is 12.0 Å². The van der Waals surface area contributed by atoms with Crippen molar-refractivity contribution in [1.29, 1.82) is 0 Å². The summed E-state index contributed by atoms with van der Waals surface area (Å²) in [6.07, 6.45) is 4.33. The van der Waals surface area contributed by atoms with E-state index in [1.807, 2.05) is 12.1 Å². The topological polar surface area (TPSA) is 70.4 Å². The Morgan fingerprint density at radius 1 is 1.10 bits per heavy atom. The monoisotopic (exact) mass is 517 g/mol. The molecule has 1 aliphatic heterocycles. The van der Waals surface area contributed by atoms with Crippen LogP contribution in [0.1, 0.15) is 18.9 Å². The van der Waals surface area contributed by atoms with Crippen molar-refractivity contribution in [2.45, 2.75) is 25.9 Å². The molecular formula is C22H28IN7. The summed E-state index contributed by atoms with van der Waals surface area (Å²) in [6, 6.07) is 19.2. The zero-order valence-corrected chi connectivity index (χ0v) is 19.4. The first-order valence-corrected chi connectivity index (χ1v) is 10.1. The highest BCUT2D eigenvalue weighted by molar-refractivity contribution is 14.0. The van der Waals surface area contributed by atoms with Crippen LogP contribution < -0.4 is 15.5 Å². The van der Waals surface area contributed by atoms with E-state index in [9.17, 15) is 0 Å². The van der Waals surface area contributed by atoms with Gasteiger partial charge in [-0.2, -0.15) is 5.10 Å². The normalized spacial score (nSPS) is 16.2. The van der Waals surface area contributed by atoms with Crippen molar-refractivity contribution in [2.75, 3.05) is 24.5 Å². The fraction of sp³-hybridized carbons (Fsp3) is 0.318. The zero-order chi connectivity index (χ0) is 19.9. The molecule has 30 heavy (non-hydrogen) atoms. The van der Waals surface area contributed by atoms with Gasteiger partial charge in [-0.1, -0.05) is 30.3 Å². The number of aliphatic imine (C=N–C) groups is 1. The SMILES string of the molecule is CCNC(=NCc1ccc(-n2cncn2)cc1)NC1CCN(c2ccccc2)C1.I. The van der Waals surface area contributed by atoms with Gasteiger partial charge >= 0.3 is 0 Å². The average molecular weight is 517 g/mol. The van der Waals surface area contributed by atoms with Gasteiger partial charge in [0.15, 0.2) is 5.96 Å². The third-order valence-corrected chi connectivity index (χ3v) is 5.03. The maximum atomic E-state index is 4.78. The summed E-state index contributed by atoms with van der Waals surface area (Å²) < 4.78 is 1.75. The van der Waals surface area contributed by atoms with Crippen molar-refractivity contribution >= 4 is 35.6 Å². The van der Waals surface area contributed by atoms with Crippen molar-refractivity contribution < 1.29 is 0 Å². The van der Waals surface area contributed by atoms with Gasteiger partial charge in [0.1, 0.15) is 12.7 Å². The summed E-state index contributed by atoms with van der Waals surface area (Å²) in [5.74, 6) is 0.868. The number of para-hydroxylation sites is 1. The smallest absolute Gasteiger partial charge is 0.191 e. The number of nitrogens with zero attached hydrogens (tertiary/aromatic N) is 5. The lowest BCUT2D eigenvalue weighted by Crippen LogP contribution is -2.44. The van der Waals surface area contributed by atoms with Crippen LogP contribution in [0.3, 0.4) is 0 Å². The van der Waals surface area contributed by atoms with Crippen LogP contribution in [0, 0.1) is 0 Å². The highest BCUT2D eigenvalue weighted by atomic mass is 127. The van der Waals surface area contributed by atoms with Crippen LogP contribution >= 0.6 is 24.0 Å². The van der Waals surface area contributed by atoms with Crippen molar-refractivity contribution in [2.24, 2.45) is 4.99 Å². The van der Waals surface area contributed by atoms with E-state index in [1.54, 1.807) is 11.0 Å². The molecule has 1 atom stereocenters. The highest BCUT2D eigenvalue weighted by Crippen LogP contribution is 2.19. The molecule has 4 rings (SSSR count). The Labute approximate surface area is 194 Å². The zero-order valence-electron chi connectivity index (χ0n) is 17.1. The molecule has 1 aliphatic rings. The Balaban J connectivity index is 0.00000256. The second kappa shape index (κ2) is 11.0. The predicted molar refractivity (Wildman–Crippen MR) is 132 cm³/mol. The molecular weight excluding hydrogens is 489 g/mol. The second-order valence-electron chi connectivity index (χ2n) is 7.11. The third kappa shape index (κ3) is 5.71. The van der Waals surface area contributed by atoms with Crippen LogP contribution in [-0.2, 0) is 6.54 Å². The number of hydrogen-bond acceptors (Lipinski definition) is 4. The third-order valence-electron chi connectivity index (χ3n) is 5.03. The van der Waals surface area contributed by atoms with E-state index in [4.69, 9.17) is 4.99 Å². The van der Waals surface area contributed by atoms with Crippen LogP contribution in [0.4, 0.5) is 5.69 Å². The predicted octanol–water partition coefficient (Wildman–Crippen LogP) is 3.22. The van der Waals surface area contributed by atoms with E-state index in [-0.39, 0.29) is 24.0 Å². The molecule has 0 spiro atoms. The van der Waals surface area contributed by atoms with Gasteiger partial charge in [0.2, 0.25) is 0 Å². The minimum absolute atomic E-state index is 0. The van der Waals surface area contributed by atoms with E-state index in [0.717, 1.165) is 43.3 Å². The van der Waals surface area contributed by atoms with Gasteiger partial charge < -0.3 is 15.5 Å². The number of hydrogen-bond donors (Lipinski definition) is 2.